The smallest absolute Gasteiger partial charge is 0.390 e. The minimum atomic E-state index is -4.18. The van der Waals surface area contributed by atoms with E-state index in [1.165, 1.54) is 7.05 Å². The van der Waals surface area contributed by atoms with E-state index in [0.717, 1.165) is 11.3 Å². The first-order chi connectivity index (χ1) is 11.7. The van der Waals surface area contributed by atoms with Crippen LogP contribution in [0.4, 0.5) is 13.2 Å². The van der Waals surface area contributed by atoms with Crippen LogP contribution in [-0.2, 0) is 5.41 Å². The number of ether oxygens (including phenoxy) is 2. The molecule has 1 aliphatic heterocycles. The van der Waals surface area contributed by atoms with Crippen molar-refractivity contribution < 1.29 is 22.6 Å². The molecule has 2 rings (SSSR count). The van der Waals surface area contributed by atoms with Gasteiger partial charge in [0.15, 0.2) is 17.5 Å². The van der Waals surface area contributed by atoms with E-state index in [0.29, 0.717) is 31.5 Å². The second kappa shape index (κ2) is 9.52. The van der Waals surface area contributed by atoms with E-state index < -0.39 is 12.6 Å². The number of rotatable bonds is 5. The summed E-state index contributed by atoms with van der Waals surface area (Å²) < 4.78 is 47.8. The van der Waals surface area contributed by atoms with Gasteiger partial charge < -0.3 is 20.1 Å². The highest BCUT2D eigenvalue weighted by Crippen LogP contribution is 2.34. The van der Waals surface area contributed by atoms with Gasteiger partial charge in [-0.2, -0.15) is 13.2 Å². The number of nitrogens with zero attached hydrogens (tertiary/aromatic N) is 1. The fraction of sp³-hybridized carbons (Fsp3) is 0.588. The molecule has 148 valence electrons. The lowest BCUT2D eigenvalue weighted by Gasteiger charge is -2.28. The number of hydrogen-bond acceptors (Lipinski definition) is 3. The topological polar surface area (TPSA) is 54.9 Å². The number of aliphatic imine (C=N–C) groups is 1. The van der Waals surface area contributed by atoms with Gasteiger partial charge in [0, 0.05) is 25.6 Å². The normalized spacial score (nSPS) is 14.5. The van der Waals surface area contributed by atoms with Gasteiger partial charge in [-0.05, 0) is 17.7 Å². The van der Waals surface area contributed by atoms with Crippen molar-refractivity contribution in [1.82, 2.24) is 10.6 Å². The van der Waals surface area contributed by atoms with Gasteiger partial charge in [0.05, 0.1) is 6.42 Å². The molecule has 0 saturated heterocycles. The summed E-state index contributed by atoms with van der Waals surface area (Å²) in [5.74, 6) is 1.78. The van der Waals surface area contributed by atoms with Crippen molar-refractivity contribution in [3.63, 3.8) is 0 Å². The maximum Gasteiger partial charge on any atom is 0.390 e. The maximum atomic E-state index is 12.2. The molecule has 26 heavy (non-hydrogen) atoms. The van der Waals surface area contributed by atoms with Crippen LogP contribution in [0.25, 0.3) is 0 Å². The van der Waals surface area contributed by atoms with Crippen molar-refractivity contribution in [2.45, 2.75) is 31.9 Å². The van der Waals surface area contributed by atoms with Crippen LogP contribution < -0.4 is 20.1 Å². The van der Waals surface area contributed by atoms with Crippen LogP contribution in [0.5, 0.6) is 11.5 Å². The Bertz CT molecular complexity index is 622. The number of fused-ring (bicyclic) bond motifs is 1. The van der Waals surface area contributed by atoms with Gasteiger partial charge in [-0.15, -0.1) is 24.0 Å². The van der Waals surface area contributed by atoms with Crippen LogP contribution in [0.15, 0.2) is 23.2 Å². The first-order valence-corrected chi connectivity index (χ1v) is 8.13. The zero-order valence-corrected chi connectivity index (χ0v) is 17.4. The summed E-state index contributed by atoms with van der Waals surface area (Å²) in [4.78, 5) is 3.96. The van der Waals surface area contributed by atoms with Crippen LogP contribution in [0.3, 0.4) is 0 Å². The van der Waals surface area contributed by atoms with E-state index in [2.05, 4.69) is 15.6 Å². The van der Waals surface area contributed by atoms with E-state index in [9.17, 15) is 13.2 Å². The molecule has 0 amide bonds. The molecule has 5 nitrogen and oxygen atoms in total. The highest BCUT2D eigenvalue weighted by molar-refractivity contribution is 14.0. The summed E-state index contributed by atoms with van der Waals surface area (Å²) in [5.41, 5.74) is 0.757. The third-order valence-corrected chi connectivity index (χ3v) is 3.95. The van der Waals surface area contributed by atoms with Crippen LogP contribution in [0.2, 0.25) is 0 Å². The Balaban J connectivity index is 0.00000338. The van der Waals surface area contributed by atoms with Gasteiger partial charge in [-0.3, -0.25) is 4.99 Å². The summed E-state index contributed by atoms with van der Waals surface area (Å²) >= 11 is 0. The van der Waals surface area contributed by atoms with Crippen molar-refractivity contribution >= 4 is 29.9 Å². The Kier molecular flexibility index (Phi) is 8.29. The van der Waals surface area contributed by atoms with Crippen molar-refractivity contribution in [1.29, 1.82) is 0 Å². The standard InChI is InChI=1S/C17H24F3N3O2.HI/c1-16(2,11-23-15(21-3)22-7-6-17(18,19)20)12-4-5-13-14(10-12)25-9-8-24-13;/h4-5,10H,6-9,11H2,1-3H3,(H2,21,22,23);1H. The molecule has 2 N–H and O–H groups in total. The molecule has 0 aliphatic carbocycles. The van der Waals surface area contributed by atoms with E-state index in [1.807, 2.05) is 32.0 Å². The predicted octanol–water partition coefficient (Wildman–Crippen LogP) is 3.47. The molecule has 9 heteroatoms. The highest BCUT2D eigenvalue weighted by Gasteiger charge is 2.27. The zero-order chi connectivity index (χ0) is 18.5. The monoisotopic (exact) mass is 487 g/mol. The second-order valence-corrected chi connectivity index (χ2v) is 6.46. The summed E-state index contributed by atoms with van der Waals surface area (Å²) in [5, 5.41) is 5.75. The van der Waals surface area contributed by atoms with Crippen LogP contribution in [-0.4, -0.2) is 45.5 Å². The molecule has 0 aromatic heterocycles. The summed E-state index contributed by atoms with van der Waals surface area (Å²) in [6.07, 6.45) is -5.09. The summed E-state index contributed by atoms with van der Waals surface area (Å²) in [7, 11) is 1.53. The number of hydrogen-bond donors (Lipinski definition) is 2. The lowest BCUT2D eigenvalue weighted by atomic mass is 9.84. The largest absolute Gasteiger partial charge is 0.486 e. The average molecular weight is 487 g/mol. The van der Waals surface area contributed by atoms with Gasteiger partial charge >= 0.3 is 6.18 Å². The molecule has 0 fully saturated rings. The third kappa shape index (κ3) is 6.73. The summed E-state index contributed by atoms with van der Waals surface area (Å²) in [6.45, 7) is 5.41. The predicted molar refractivity (Wildman–Crippen MR) is 106 cm³/mol. The molecular formula is C17H25F3IN3O2. The number of alkyl halides is 3. The van der Waals surface area contributed by atoms with Crippen LogP contribution >= 0.6 is 24.0 Å². The van der Waals surface area contributed by atoms with E-state index in [4.69, 9.17) is 9.47 Å². The number of halogens is 4. The molecule has 0 radical (unpaired) electrons. The highest BCUT2D eigenvalue weighted by atomic mass is 127. The molecule has 0 saturated carbocycles. The lowest BCUT2D eigenvalue weighted by molar-refractivity contribution is -0.132. The molecule has 0 spiro atoms. The molecule has 0 atom stereocenters. The second-order valence-electron chi connectivity index (χ2n) is 6.46. The minimum absolute atomic E-state index is 0. The SMILES string of the molecule is CN=C(NCCC(F)(F)F)NCC(C)(C)c1ccc2c(c1)OCCO2.I. The molecule has 1 aromatic rings. The van der Waals surface area contributed by atoms with Crippen LogP contribution in [0, 0.1) is 0 Å². The summed E-state index contributed by atoms with van der Waals surface area (Å²) in [6, 6.07) is 5.78. The molecule has 1 aromatic carbocycles. The Morgan fingerprint density at radius 1 is 1.12 bits per heavy atom. The van der Waals surface area contributed by atoms with Crippen molar-refractivity contribution in [3.8, 4) is 11.5 Å². The Hall–Kier alpha value is -1.39. The Labute approximate surface area is 168 Å². The number of nitrogens with one attached hydrogen (secondary N) is 2. The number of guanidine groups is 1. The van der Waals surface area contributed by atoms with E-state index in [-0.39, 0.29) is 35.9 Å². The molecule has 0 unspecified atom stereocenters. The van der Waals surface area contributed by atoms with E-state index >= 15 is 0 Å². The Morgan fingerprint density at radius 3 is 2.38 bits per heavy atom. The first-order valence-electron chi connectivity index (χ1n) is 8.13. The van der Waals surface area contributed by atoms with Crippen molar-refractivity contribution in [3.05, 3.63) is 23.8 Å². The van der Waals surface area contributed by atoms with E-state index in [1.54, 1.807) is 0 Å². The molecule has 1 aliphatic rings. The average Bonchev–Trinajstić information content (AvgIpc) is 2.56. The quantitative estimate of drug-likeness (QED) is 0.380. The third-order valence-electron chi connectivity index (χ3n) is 3.95. The van der Waals surface area contributed by atoms with Gasteiger partial charge in [0.2, 0.25) is 0 Å². The molecule has 1 heterocycles. The van der Waals surface area contributed by atoms with Gasteiger partial charge in [0.25, 0.3) is 0 Å². The maximum absolute atomic E-state index is 12.2. The van der Waals surface area contributed by atoms with Gasteiger partial charge in [-0.25, -0.2) is 0 Å². The fourth-order valence-corrected chi connectivity index (χ4v) is 2.41. The first kappa shape index (κ1) is 22.7. The number of benzene rings is 1. The molecular weight excluding hydrogens is 462 g/mol. The van der Waals surface area contributed by atoms with Crippen molar-refractivity contribution in [2.24, 2.45) is 4.99 Å². The Morgan fingerprint density at radius 2 is 1.77 bits per heavy atom. The zero-order valence-electron chi connectivity index (χ0n) is 15.1. The van der Waals surface area contributed by atoms with Crippen LogP contribution in [0.1, 0.15) is 25.8 Å². The lowest BCUT2D eigenvalue weighted by Crippen LogP contribution is -2.44. The van der Waals surface area contributed by atoms with Gasteiger partial charge in [0.1, 0.15) is 13.2 Å². The van der Waals surface area contributed by atoms with Gasteiger partial charge in [-0.1, -0.05) is 19.9 Å². The van der Waals surface area contributed by atoms with Crippen molar-refractivity contribution in [2.75, 3.05) is 33.4 Å². The molecule has 0 bridgehead atoms. The fourth-order valence-electron chi connectivity index (χ4n) is 2.41. The minimum Gasteiger partial charge on any atom is -0.486 e.